The van der Waals surface area contributed by atoms with Crippen LogP contribution in [0.1, 0.15) is 47.8 Å². The number of hydrogen-bond donors (Lipinski definition) is 0. The Balaban J connectivity index is 1.32. The molecule has 0 aliphatic carbocycles. The lowest BCUT2D eigenvalue weighted by molar-refractivity contribution is -0.138. The quantitative estimate of drug-likeness (QED) is 0.571. The van der Waals surface area contributed by atoms with Gasteiger partial charge in [0.1, 0.15) is 0 Å². The summed E-state index contributed by atoms with van der Waals surface area (Å²) in [5, 5.41) is 4.61. The molecule has 2 aromatic rings. The van der Waals surface area contributed by atoms with E-state index in [2.05, 4.69) is 5.10 Å². The first-order chi connectivity index (χ1) is 16.6. The zero-order chi connectivity index (χ0) is 25.2. The number of rotatable bonds is 6. The fourth-order valence-corrected chi connectivity index (χ4v) is 6.75. The largest absolute Gasteiger partial charge is 0.341 e. The molecule has 3 heterocycles. The third kappa shape index (κ3) is 5.83. The zero-order valence-electron chi connectivity index (χ0n) is 20.7. The first-order valence-corrected chi connectivity index (χ1v) is 14.0. The molecule has 2 aliphatic rings. The second-order valence-corrected chi connectivity index (χ2v) is 11.9. The summed E-state index contributed by atoms with van der Waals surface area (Å²) in [6.45, 7) is 5.43. The maximum Gasteiger partial charge on any atom is 0.246 e. The summed E-state index contributed by atoms with van der Waals surface area (Å²) in [6.07, 6.45) is 5.29. The van der Waals surface area contributed by atoms with E-state index < -0.39 is 9.84 Å². The summed E-state index contributed by atoms with van der Waals surface area (Å²) in [4.78, 5) is 29.3. The van der Waals surface area contributed by atoms with Crippen LogP contribution in [0.25, 0.3) is 6.08 Å². The average Bonchev–Trinajstić information content (AvgIpc) is 3.35. The van der Waals surface area contributed by atoms with Gasteiger partial charge in [-0.3, -0.25) is 14.3 Å². The second-order valence-electron chi connectivity index (χ2n) is 9.69. The Kier molecular flexibility index (Phi) is 7.44. The van der Waals surface area contributed by atoms with Gasteiger partial charge in [0.15, 0.2) is 9.84 Å². The van der Waals surface area contributed by atoms with Gasteiger partial charge in [0.2, 0.25) is 11.8 Å². The van der Waals surface area contributed by atoms with Crippen LogP contribution >= 0.6 is 0 Å². The molecule has 1 atom stereocenters. The number of aryl methyl sites for hydroxylation is 1. The van der Waals surface area contributed by atoms with E-state index in [9.17, 15) is 18.0 Å². The highest BCUT2D eigenvalue weighted by Gasteiger charge is 2.33. The highest BCUT2D eigenvalue weighted by atomic mass is 32.2. The molecule has 1 aromatic heterocycles. The number of amides is 2. The Bertz CT molecular complexity index is 1210. The third-order valence-corrected chi connectivity index (χ3v) is 8.92. The number of benzene rings is 1. The number of nitrogens with zero attached hydrogens (tertiary/aromatic N) is 4. The highest BCUT2D eigenvalue weighted by molar-refractivity contribution is 7.91. The van der Waals surface area contributed by atoms with Gasteiger partial charge in [-0.2, -0.15) is 5.10 Å². The number of aromatic nitrogens is 2. The Labute approximate surface area is 207 Å². The molecule has 0 spiro atoms. The van der Waals surface area contributed by atoms with E-state index in [-0.39, 0.29) is 35.3 Å². The predicted octanol–water partition coefficient (Wildman–Crippen LogP) is 2.77. The molecule has 2 aliphatic heterocycles. The van der Waals surface area contributed by atoms with E-state index in [0.29, 0.717) is 38.9 Å². The molecule has 1 unspecified atom stereocenters. The van der Waals surface area contributed by atoms with E-state index in [1.807, 2.05) is 54.9 Å². The van der Waals surface area contributed by atoms with E-state index in [1.54, 1.807) is 22.9 Å². The fourth-order valence-electron chi connectivity index (χ4n) is 5.06. The number of sulfone groups is 1. The van der Waals surface area contributed by atoms with Gasteiger partial charge < -0.3 is 9.80 Å². The van der Waals surface area contributed by atoms with Crippen molar-refractivity contribution in [2.75, 3.05) is 31.6 Å². The smallest absolute Gasteiger partial charge is 0.246 e. The summed E-state index contributed by atoms with van der Waals surface area (Å²) in [7, 11) is -1.20. The molecule has 2 saturated heterocycles. The summed E-state index contributed by atoms with van der Waals surface area (Å²) in [5.41, 5.74) is 3.71. The predicted molar refractivity (Wildman–Crippen MR) is 135 cm³/mol. The van der Waals surface area contributed by atoms with E-state index in [0.717, 1.165) is 22.5 Å². The van der Waals surface area contributed by atoms with Gasteiger partial charge >= 0.3 is 0 Å². The lowest BCUT2D eigenvalue weighted by atomic mass is 9.95. The number of likely N-dealkylation sites (tertiary alicyclic amines) is 1. The molecular weight excluding hydrogens is 464 g/mol. The lowest BCUT2D eigenvalue weighted by Crippen LogP contribution is -2.43. The van der Waals surface area contributed by atoms with Crippen LogP contribution in [0.4, 0.5) is 0 Å². The average molecular weight is 499 g/mol. The summed E-state index contributed by atoms with van der Waals surface area (Å²) in [5.74, 6) is 0.263. The van der Waals surface area contributed by atoms with Crippen molar-refractivity contribution in [2.24, 2.45) is 5.92 Å². The van der Waals surface area contributed by atoms with E-state index >= 15 is 0 Å². The van der Waals surface area contributed by atoms with Crippen molar-refractivity contribution in [3.63, 3.8) is 0 Å². The van der Waals surface area contributed by atoms with Gasteiger partial charge in [0.05, 0.1) is 23.2 Å². The first-order valence-electron chi connectivity index (χ1n) is 12.2. The van der Waals surface area contributed by atoms with Crippen LogP contribution in [0.5, 0.6) is 0 Å². The SMILES string of the molecule is Cc1nn(C2CCS(=O)(=O)C2)c(C)c1CN(C)C(=O)C1CCN(C(=O)/C=C/c2ccccc2)CC1. The molecule has 4 rings (SSSR count). The lowest BCUT2D eigenvalue weighted by Gasteiger charge is -2.32. The van der Waals surface area contributed by atoms with Crippen molar-refractivity contribution in [3.05, 3.63) is 58.9 Å². The van der Waals surface area contributed by atoms with Crippen LogP contribution in [0.3, 0.4) is 0 Å². The van der Waals surface area contributed by atoms with Crippen molar-refractivity contribution in [1.29, 1.82) is 0 Å². The van der Waals surface area contributed by atoms with Gasteiger partial charge in [0, 0.05) is 49.9 Å². The molecule has 0 N–H and O–H groups in total. The highest BCUT2D eigenvalue weighted by Crippen LogP contribution is 2.28. The van der Waals surface area contributed by atoms with Crippen LogP contribution in [0, 0.1) is 19.8 Å². The summed E-state index contributed by atoms with van der Waals surface area (Å²) >= 11 is 0. The second kappa shape index (κ2) is 10.4. The van der Waals surface area contributed by atoms with Gasteiger partial charge in [-0.15, -0.1) is 0 Å². The maximum absolute atomic E-state index is 13.2. The topological polar surface area (TPSA) is 92.6 Å². The Morgan fingerprint density at radius 2 is 1.80 bits per heavy atom. The molecule has 1 aromatic carbocycles. The summed E-state index contributed by atoms with van der Waals surface area (Å²) < 4.78 is 25.6. The zero-order valence-corrected chi connectivity index (χ0v) is 21.5. The van der Waals surface area contributed by atoms with Crippen molar-refractivity contribution >= 4 is 27.7 Å². The molecule has 2 fully saturated rings. The molecule has 0 saturated carbocycles. The van der Waals surface area contributed by atoms with Crippen LogP contribution in [0.15, 0.2) is 36.4 Å². The van der Waals surface area contributed by atoms with Gasteiger partial charge in [-0.1, -0.05) is 30.3 Å². The molecule has 8 nitrogen and oxygen atoms in total. The van der Waals surface area contributed by atoms with Crippen molar-refractivity contribution in [1.82, 2.24) is 19.6 Å². The molecule has 35 heavy (non-hydrogen) atoms. The standard InChI is InChI=1S/C26H34N4O4S/c1-19-24(20(2)30(27-19)23-13-16-35(33,34)18-23)17-28(3)26(32)22-11-14-29(15-12-22)25(31)10-9-21-7-5-4-6-8-21/h4-10,22-23H,11-18H2,1-3H3/b10-9+. The number of hydrogen-bond acceptors (Lipinski definition) is 5. The Hall–Kier alpha value is -2.94. The van der Waals surface area contributed by atoms with Crippen molar-refractivity contribution in [2.45, 2.75) is 45.7 Å². The molecule has 2 amide bonds. The van der Waals surface area contributed by atoms with Gasteiger partial charge in [-0.05, 0) is 44.7 Å². The van der Waals surface area contributed by atoms with Gasteiger partial charge in [-0.25, -0.2) is 8.42 Å². The van der Waals surface area contributed by atoms with Crippen molar-refractivity contribution in [3.8, 4) is 0 Å². The monoisotopic (exact) mass is 498 g/mol. The fraction of sp³-hybridized carbons (Fsp3) is 0.500. The van der Waals surface area contributed by atoms with Crippen LogP contribution in [-0.2, 0) is 26.0 Å². The molecular formula is C26H34N4O4S. The normalized spacial score (nSPS) is 20.4. The van der Waals surface area contributed by atoms with E-state index in [1.165, 1.54) is 0 Å². The Morgan fingerprint density at radius 3 is 2.43 bits per heavy atom. The Morgan fingerprint density at radius 1 is 1.11 bits per heavy atom. The molecule has 188 valence electrons. The molecule has 9 heteroatoms. The number of piperidine rings is 1. The minimum absolute atomic E-state index is 0.0271. The first kappa shape index (κ1) is 25.2. The minimum atomic E-state index is -3.00. The molecule has 0 radical (unpaired) electrons. The minimum Gasteiger partial charge on any atom is -0.341 e. The molecule has 0 bridgehead atoms. The van der Waals surface area contributed by atoms with E-state index in [4.69, 9.17) is 0 Å². The summed E-state index contributed by atoms with van der Waals surface area (Å²) in [6, 6.07) is 9.58. The van der Waals surface area contributed by atoms with Crippen LogP contribution in [0.2, 0.25) is 0 Å². The maximum atomic E-state index is 13.2. The third-order valence-electron chi connectivity index (χ3n) is 7.17. The van der Waals surface area contributed by atoms with Crippen LogP contribution in [-0.4, -0.2) is 71.5 Å². The number of carbonyl (C=O) groups excluding carboxylic acids is 2. The number of carbonyl (C=O) groups is 2. The van der Waals surface area contributed by atoms with Gasteiger partial charge in [0.25, 0.3) is 0 Å². The van der Waals surface area contributed by atoms with Crippen molar-refractivity contribution < 1.29 is 18.0 Å². The van der Waals surface area contributed by atoms with Crippen LogP contribution < -0.4 is 0 Å².